The molecule has 3 amide bonds. The van der Waals surface area contributed by atoms with Crippen molar-refractivity contribution in [1.82, 2.24) is 0 Å². The Morgan fingerprint density at radius 3 is 2.52 bits per heavy atom. The van der Waals surface area contributed by atoms with E-state index in [9.17, 15) is 9.59 Å². The van der Waals surface area contributed by atoms with Gasteiger partial charge in [0.2, 0.25) is 5.91 Å². The minimum atomic E-state index is -0.340. The molecule has 2 N–H and O–H groups in total. The molecule has 0 spiro atoms. The van der Waals surface area contributed by atoms with Gasteiger partial charge in [0.15, 0.2) is 0 Å². The van der Waals surface area contributed by atoms with Gasteiger partial charge in [-0.05, 0) is 55.3 Å². The van der Waals surface area contributed by atoms with Gasteiger partial charge in [-0.3, -0.25) is 4.79 Å². The van der Waals surface area contributed by atoms with Crippen LogP contribution in [-0.2, 0) is 4.79 Å². The van der Waals surface area contributed by atoms with Gasteiger partial charge in [0, 0.05) is 30.0 Å². The van der Waals surface area contributed by atoms with Gasteiger partial charge < -0.3 is 20.3 Å². The first-order valence-corrected chi connectivity index (χ1v) is 8.28. The lowest BCUT2D eigenvalue weighted by molar-refractivity contribution is -0.119. The van der Waals surface area contributed by atoms with Gasteiger partial charge >= 0.3 is 6.03 Å². The van der Waals surface area contributed by atoms with Crippen LogP contribution in [0.3, 0.4) is 0 Å². The lowest BCUT2D eigenvalue weighted by atomic mass is 10.1. The minimum Gasteiger partial charge on any atom is -0.497 e. The number of hydrogen-bond donors (Lipinski definition) is 2. The number of rotatable bonds is 4. The summed E-state index contributed by atoms with van der Waals surface area (Å²) in [6.45, 7) is 0.723. The van der Waals surface area contributed by atoms with Crippen molar-refractivity contribution in [1.29, 1.82) is 0 Å². The second-order valence-corrected chi connectivity index (χ2v) is 5.86. The van der Waals surface area contributed by atoms with Crippen molar-refractivity contribution in [3.63, 3.8) is 0 Å². The molecule has 0 saturated carbocycles. The number of nitrogens with zero attached hydrogens (tertiary/aromatic N) is 1. The molecule has 25 heavy (non-hydrogen) atoms. The highest BCUT2D eigenvalue weighted by Crippen LogP contribution is 2.24. The highest BCUT2D eigenvalue weighted by atomic mass is 16.5. The molecule has 6 nitrogen and oxygen atoms in total. The number of ether oxygens (including phenoxy) is 1. The highest BCUT2D eigenvalue weighted by Gasteiger charge is 2.19. The summed E-state index contributed by atoms with van der Waals surface area (Å²) in [5, 5.41) is 5.56. The van der Waals surface area contributed by atoms with Crippen molar-refractivity contribution in [2.75, 3.05) is 29.2 Å². The van der Waals surface area contributed by atoms with Gasteiger partial charge in [0.1, 0.15) is 5.75 Å². The molecule has 1 aliphatic rings. The molecule has 2 aromatic carbocycles. The van der Waals surface area contributed by atoms with E-state index in [1.807, 2.05) is 18.2 Å². The van der Waals surface area contributed by atoms with Crippen molar-refractivity contribution < 1.29 is 14.3 Å². The summed E-state index contributed by atoms with van der Waals surface area (Å²) >= 11 is 0. The molecule has 1 fully saturated rings. The first-order valence-electron chi connectivity index (χ1n) is 8.28. The number of amides is 3. The van der Waals surface area contributed by atoms with Gasteiger partial charge in [-0.1, -0.05) is 6.07 Å². The van der Waals surface area contributed by atoms with Gasteiger partial charge in [-0.25, -0.2) is 4.79 Å². The molecule has 0 radical (unpaired) electrons. The zero-order valence-electron chi connectivity index (χ0n) is 14.1. The van der Waals surface area contributed by atoms with E-state index in [1.54, 1.807) is 42.3 Å². The smallest absolute Gasteiger partial charge is 0.323 e. The summed E-state index contributed by atoms with van der Waals surface area (Å²) < 4.78 is 5.09. The van der Waals surface area contributed by atoms with E-state index in [2.05, 4.69) is 10.6 Å². The number of urea groups is 1. The second-order valence-electron chi connectivity index (χ2n) is 5.86. The minimum absolute atomic E-state index is 0.131. The maximum atomic E-state index is 12.2. The lowest BCUT2D eigenvalue weighted by Crippen LogP contribution is -2.35. The Labute approximate surface area is 146 Å². The Kier molecular flexibility index (Phi) is 5.18. The average Bonchev–Trinajstić information content (AvgIpc) is 2.63. The van der Waals surface area contributed by atoms with Crippen LogP contribution in [0.25, 0.3) is 0 Å². The first kappa shape index (κ1) is 16.8. The summed E-state index contributed by atoms with van der Waals surface area (Å²) in [6, 6.07) is 14.1. The van der Waals surface area contributed by atoms with Gasteiger partial charge in [0.05, 0.1) is 7.11 Å². The lowest BCUT2D eigenvalue weighted by Gasteiger charge is -2.27. The van der Waals surface area contributed by atoms with Crippen molar-refractivity contribution in [3.05, 3.63) is 48.5 Å². The quantitative estimate of drug-likeness (QED) is 0.889. The normalized spacial score (nSPS) is 14.1. The number of piperidine rings is 1. The molecular weight excluding hydrogens is 318 g/mol. The van der Waals surface area contributed by atoms with Crippen LogP contribution in [0.4, 0.5) is 21.9 Å². The molecule has 130 valence electrons. The predicted octanol–water partition coefficient (Wildman–Crippen LogP) is 3.86. The van der Waals surface area contributed by atoms with E-state index in [-0.39, 0.29) is 11.9 Å². The Balaban J connectivity index is 1.64. The van der Waals surface area contributed by atoms with Crippen LogP contribution in [0, 0.1) is 0 Å². The van der Waals surface area contributed by atoms with E-state index < -0.39 is 0 Å². The molecule has 0 unspecified atom stereocenters. The topological polar surface area (TPSA) is 70.7 Å². The van der Waals surface area contributed by atoms with Crippen molar-refractivity contribution in [2.24, 2.45) is 0 Å². The maximum Gasteiger partial charge on any atom is 0.323 e. The highest BCUT2D eigenvalue weighted by molar-refractivity contribution is 6.00. The Morgan fingerprint density at radius 2 is 1.80 bits per heavy atom. The number of carbonyl (C=O) groups excluding carboxylic acids is 2. The van der Waals surface area contributed by atoms with Crippen LogP contribution < -0.4 is 20.3 Å². The van der Waals surface area contributed by atoms with Crippen LogP contribution in [0.1, 0.15) is 19.3 Å². The van der Waals surface area contributed by atoms with Crippen molar-refractivity contribution >= 4 is 29.0 Å². The van der Waals surface area contributed by atoms with E-state index in [0.717, 1.165) is 30.8 Å². The molecule has 2 aromatic rings. The fourth-order valence-corrected chi connectivity index (χ4v) is 2.80. The summed E-state index contributed by atoms with van der Waals surface area (Å²) in [5.41, 5.74) is 2.12. The predicted molar refractivity (Wildman–Crippen MR) is 98.3 cm³/mol. The molecule has 0 aromatic heterocycles. The van der Waals surface area contributed by atoms with Crippen LogP contribution in [0.5, 0.6) is 5.75 Å². The number of benzene rings is 2. The first-order chi connectivity index (χ1) is 12.2. The number of methoxy groups -OCH3 is 1. The molecule has 1 aliphatic heterocycles. The summed E-state index contributed by atoms with van der Waals surface area (Å²) in [4.78, 5) is 26.0. The van der Waals surface area contributed by atoms with Crippen LogP contribution in [-0.4, -0.2) is 25.6 Å². The number of nitrogens with one attached hydrogen (secondary N) is 2. The standard InChI is InChI=1S/C19H21N3O3/c1-25-17-10-8-14(9-11-17)20-19(24)21-15-5-4-6-16(13-15)22-12-3-2-7-18(22)23/h4-6,8-11,13H,2-3,7,12H2,1H3,(H2,20,21,24). The van der Waals surface area contributed by atoms with E-state index in [1.165, 1.54) is 0 Å². The van der Waals surface area contributed by atoms with Gasteiger partial charge in [-0.15, -0.1) is 0 Å². The monoisotopic (exact) mass is 339 g/mol. The largest absolute Gasteiger partial charge is 0.497 e. The number of hydrogen-bond acceptors (Lipinski definition) is 3. The summed E-state index contributed by atoms with van der Waals surface area (Å²) in [5.74, 6) is 0.857. The Bertz CT molecular complexity index is 759. The third kappa shape index (κ3) is 4.29. The van der Waals surface area contributed by atoms with Crippen molar-refractivity contribution in [3.8, 4) is 5.75 Å². The molecule has 1 saturated heterocycles. The zero-order chi connectivity index (χ0) is 17.6. The molecule has 0 atom stereocenters. The average molecular weight is 339 g/mol. The number of anilines is 3. The molecule has 6 heteroatoms. The summed E-state index contributed by atoms with van der Waals surface area (Å²) in [6.07, 6.45) is 2.52. The summed E-state index contributed by atoms with van der Waals surface area (Å²) in [7, 11) is 1.59. The van der Waals surface area contributed by atoms with Crippen molar-refractivity contribution in [2.45, 2.75) is 19.3 Å². The molecule has 0 bridgehead atoms. The molecular formula is C19H21N3O3. The maximum absolute atomic E-state index is 12.2. The zero-order valence-corrected chi connectivity index (χ0v) is 14.1. The van der Waals surface area contributed by atoms with Gasteiger partial charge in [0.25, 0.3) is 0 Å². The third-order valence-electron chi connectivity index (χ3n) is 4.09. The Morgan fingerprint density at radius 1 is 1.04 bits per heavy atom. The number of carbonyl (C=O) groups is 2. The fraction of sp³-hybridized carbons (Fsp3) is 0.263. The Hall–Kier alpha value is -3.02. The van der Waals surface area contributed by atoms with E-state index in [0.29, 0.717) is 17.8 Å². The van der Waals surface area contributed by atoms with Crippen LogP contribution >= 0.6 is 0 Å². The molecule has 0 aliphatic carbocycles. The molecule has 3 rings (SSSR count). The van der Waals surface area contributed by atoms with E-state index in [4.69, 9.17) is 4.74 Å². The molecule has 1 heterocycles. The fourth-order valence-electron chi connectivity index (χ4n) is 2.80. The second kappa shape index (κ2) is 7.70. The van der Waals surface area contributed by atoms with Crippen LogP contribution in [0.15, 0.2) is 48.5 Å². The van der Waals surface area contributed by atoms with Crippen LogP contribution in [0.2, 0.25) is 0 Å². The van der Waals surface area contributed by atoms with Gasteiger partial charge in [-0.2, -0.15) is 0 Å². The third-order valence-corrected chi connectivity index (χ3v) is 4.09. The van der Waals surface area contributed by atoms with E-state index >= 15 is 0 Å². The SMILES string of the molecule is COc1ccc(NC(=O)Nc2cccc(N3CCCCC3=O)c2)cc1.